The summed E-state index contributed by atoms with van der Waals surface area (Å²) in [7, 11) is 0. The molecule has 0 aliphatic carbocycles. The number of para-hydroxylation sites is 1. The Balaban J connectivity index is 2.19. The topological polar surface area (TPSA) is 85.1 Å². The molecule has 2 rings (SSSR count). The van der Waals surface area contributed by atoms with Crippen molar-refractivity contribution in [3.05, 3.63) is 59.9 Å². The summed E-state index contributed by atoms with van der Waals surface area (Å²) in [6.45, 7) is 0. The lowest BCUT2D eigenvalue weighted by atomic mass is 10.1. The van der Waals surface area contributed by atoms with Crippen LogP contribution in [0.4, 0.5) is 5.69 Å². The number of nitrogens with two attached hydrogens (primary N) is 1. The molecule has 0 aliphatic heterocycles. The summed E-state index contributed by atoms with van der Waals surface area (Å²) < 4.78 is 0. The van der Waals surface area contributed by atoms with Gasteiger partial charge in [-0.25, -0.2) is 0 Å². The van der Waals surface area contributed by atoms with Crippen LogP contribution in [0.25, 0.3) is 0 Å². The zero-order chi connectivity index (χ0) is 13.7. The van der Waals surface area contributed by atoms with Crippen LogP contribution in [0.2, 0.25) is 0 Å². The van der Waals surface area contributed by atoms with Crippen LogP contribution in [-0.2, 0) is 11.2 Å². The Hall–Kier alpha value is -2.69. The predicted molar refractivity (Wildman–Crippen MR) is 71.5 cm³/mol. The number of nitrogens with zero attached hydrogens (tertiary/aromatic N) is 1. The SMILES string of the molecule is NC(=O)Cc1ccccc1NC(=O)c1ccccn1. The summed E-state index contributed by atoms with van der Waals surface area (Å²) in [5, 5.41) is 2.72. The van der Waals surface area contributed by atoms with E-state index in [0.29, 0.717) is 16.9 Å². The van der Waals surface area contributed by atoms with Crippen molar-refractivity contribution in [1.82, 2.24) is 4.98 Å². The summed E-state index contributed by atoms with van der Waals surface area (Å²) in [5.41, 5.74) is 6.73. The molecular formula is C14H13N3O2. The Kier molecular flexibility index (Phi) is 3.87. The van der Waals surface area contributed by atoms with Gasteiger partial charge in [0.25, 0.3) is 5.91 Å². The molecule has 2 aromatic rings. The van der Waals surface area contributed by atoms with Crippen molar-refractivity contribution >= 4 is 17.5 Å². The Bertz CT molecular complexity index is 597. The molecule has 3 N–H and O–H groups in total. The minimum Gasteiger partial charge on any atom is -0.369 e. The molecular weight excluding hydrogens is 242 g/mol. The van der Waals surface area contributed by atoms with E-state index in [1.165, 1.54) is 0 Å². The first kappa shape index (κ1) is 12.8. The molecule has 5 heteroatoms. The molecule has 0 atom stereocenters. The van der Waals surface area contributed by atoms with Crippen molar-refractivity contribution in [2.45, 2.75) is 6.42 Å². The van der Waals surface area contributed by atoms with Crippen LogP contribution in [0.5, 0.6) is 0 Å². The van der Waals surface area contributed by atoms with Crippen molar-refractivity contribution in [2.24, 2.45) is 5.73 Å². The number of amides is 2. The summed E-state index contributed by atoms with van der Waals surface area (Å²) in [4.78, 5) is 26.9. The molecule has 96 valence electrons. The van der Waals surface area contributed by atoms with Crippen molar-refractivity contribution in [3.8, 4) is 0 Å². The third-order valence-electron chi connectivity index (χ3n) is 2.53. The summed E-state index contributed by atoms with van der Waals surface area (Å²) in [6, 6.07) is 12.1. The van der Waals surface area contributed by atoms with E-state index in [9.17, 15) is 9.59 Å². The number of benzene rings is 1. The molecule has 1 aromatic carbocycles. The highest BCUT2D eigenvalue weighted by Crippen LogP contribution is 2.16. The van der Waals surface area contributed by atoms with Gasteiger partial charge >= 0.3 is 0 Å². The van der Waals surface area contributed by atoms with Crippen molar-refractivity contribution in [2.75, 3.05) is 5.32 Å². The normalized spacial score (nSPS) is 9.89. The second-order valence-corrected chi connectivity index (χ2v) is 3.97. The maximum Gasteiger partial charge on any atom is 0.274 e. The van der Waals surface area contributed by atoms with E-state index in [0.717, 1.165) is 0 Å². The van der Waals surface area contributed by atoms with E-state index in [4.69, 9.17) is 5.73 Å². The van der Waals surface area contributed by atoms with E-state index >= 15 is 0 Å². The highest BCUT2D eigenvalue weighted by molar-refractivity contribution is 6.03. The molecule has 5 nitrogen and oxygen atoms in total. The quantitative estimate of drug-likeness (QED) is 0.865. The molecule has 0 bridgehead atoms. The first-order valence-corrected chi connectivity index (χ1v) is 5.75. The molecule has 0 radical (unpaired) electrons. The summed E-state index contributed by atoms with van der Waals surface area (Å²) >= 11 is 0. The number of hydrogen-bond donors (Lipinski definition) is 2. The van der Waals surface area contributed by atoms with Crippen molar-refractivity contribution in [3.63, 3.8) is 0 Å². The lowest BCUT2D eigenvalue weighted by Gasteiger charge is -2.09. The zero-order valence-corrected chi connectivity index (χ0v) is 10.2. The van der Waals surface area contributed by atoms with E-state index in [1.807, 2.05) is 0 Å². The number of primary amides is 1. The maximum atomic E-state index is 12.0. The molecule has 0 aliphatic rings. The summed E-state index contributed by atoms with van der Waals surface area (Å²) in [5.74, 6) is -0.767. The fraction of sp³-hybridized carbons (Fsp3) is 0.0714. The Morgan fingerprint density at radius 2 is 1.84 bits per heavy atom. The number of nitrogens with one attached hydrogen (secondary N) is 1. The van der Waals surface area contributed by atoms with E-state index in [-0.39, 0.29) is 12.3 Å². The van der Waals surface area contributed by atoms with Crippen LogP contribution in [0.3, 0.4) is 0 Å². The van der Waals surface area contributed by atoms with E-state index < -0.39 is 5.91 Å². The molecule has 1 heterocycles. The molecule has 0 fully saturated rings. The highest BCUT2D eigenvalue weighted by atomic mass is 16.2. The van der Waals surface area contributed by atoms with Gasteiger partial charge in [-0.2, -0.15) is 0 Å². The molecule has 0 spiro atoms. The summed E-state index contributed by atoms with van der Waals surface area (Å²) in [6.07, 6.45) is 1.63. The number of anilines is 1. The minimum atomic E-state index is -0.445. The van der Waals surface area contributed by atoms with E-state index in [1.54, 1.807) is 48.7 Å². The molecule has 19 heavy (non-hydrogen) atoms. The molecule has 0 saturated carbocycles. The number of hydrogen-bond acceptors (Lipinski definition) is 3. The molecule has 2 amide bonds. The average Bonchev–Trinajstić information content (AvgIpc) is 2.41. The van der Waals surface area contributed by atoms with Gasteiger partial charge in [0.2, 0.25) is 5.91 Å². The van der Waals surface area contributed by atoms with Crippen LogP contribution in [0, 0.1) is 0 Å². The first-order valence-electron chi connectivity index (χ1n) is 5.75. The second-order valence-electron chi connectivity index (χ2n) is 3.97. The first-order chi connectivity index (χ1) is 9.16. The van der Waals surface area contributed by atoms with Gasteiger partial charge in [0.15, 0.2) is 0 Å². The van der Waals surface area contributed by atoms with Gasteiger partial charge < -0.3 is 11.1 Å². The Morgan fingerprint density at radius 3 is 2.53 bits per heavy atom. The standard InChI is InChI=1S/C14H13N3O2/c15-13(18)9-10-5-1-2-6-11(10)17-14(19)12-7-3-4-8-16-12/h1-8H,9H2,(H2,15,18)(H,17,19). The van der Waals surface area contributed by atoms with Crippen LogP contribution < -0.4 is 11.1 Å². The van der Waals surface area contributed by atoms with Gasteiger partial charge in [0.05, 0.1) is 6.42 Å². The lowest BCUT2D eigenvalue weighted by Crippen LogP contribution is -2.18. The maximum absolute atomic E-state index is 12.0. The van der Waals surface area contributed by atoms with Crippen LogP contribution in [-0.4, -0.2) is 16.8 Å². The smallest absolute Gasteiger partial charge is 0.274 e. The number of carbonyl (C=O) groups excluding carboxylic acids is 2. The predicted octanol–water partition coefficient (Wildman–Crippen LogP) is 1.36. The van der Waals surface area contributed by atoms with Crippen LogP contribution in [0.15, 0.2) is 48.7 Å². The van der Waals surface area contributed by atoms with E-state index in [2.05, 4.69) is 10.3 Å². The largest absolute Gasteiger partial charge is 0.369 e. The fourth-order valence-corrected chi connectivity index (χ4v) is 1.67. The minimum absolute atomic E-state index is 0.0820. The van der Waals surface area contributed by atoms with Gasteiger partial charge in [-0.15, -0.1) is 0 Å². The van der Waals surface area contributed by atoms with Crippen molar-refractivity contribution in [1.29, 1.82) is 0 Å². The lowest BCUT2D eigenvalue weighted by molar-refractivity contribution is -0.117. The third kappa shape index (κ3) is 3.38. The number of aromatic nitrogens is 1. The average molecular weight is 255 g/mol. The zero-order valence-electron chi connectivity index (χ0n) is 10.2. The van der Waals surface area contributed by atoms with Crippen molar-refractivity contribution < 1.29 is 9.59 Å². The van der Waals surface area contributed by atoms with Gasteiger partial charge in [-0.3, -0.25) is 14.6 Å². The van der Waals surface area contributed by atoms with Gasteiger partial charge in [-0.05, 0) is 23.8 Å². The van der Waals surface area contributed by atoms with Gasteiger partial charge in [0.1, 0.15) is 5.69 Å². The Morgan fingerprint density at radius 1 is 1.11 bits per heavy atom. The number of carbonyl (C=O) groups is 2. The number of pyridine rings is 1. The Labute approximate surface area is 110 Å². The number of rotatable bonds is 4. The third-order valence-corrected chi connectivity index (χ3v) is 2.53. The second kappa shape index (κ2) is 5.77. The van der Waals surface area contributed by atoms with Crippen LogP contribution in [0.1, 0.15) is 16.1 Å². The van der Waals surface area contributed by atoms with Gasteiger partial charge in [-0.1, -0.05) is 24.3 Å². The van der Waals surface area contributed by atoms with Gasteiger partial charge in [0, 0.05) is 11.9 Å². The fourth-order valence-electron chi connectivity index (χ4n) is 1.67. The molecule has 1 aromatic heterocycles. The molecule has 0 unspecified atom stereocenters. The highest BCUT2D eigenvalue weighted by Gasteiger charge is 2.10. The van der Waals surface area contributed by atoms with Crippen LogP contribution >= 0.6 is 0 Å². The molecule has 0 saturated heterocycles. The monoisotopic (exact) mass is 255 g/mol.